The number of halogens is 2. The van der Waals surface area contributed by atoms with Crippen LogP contribution in [0, 0.1) is 23.0 Å². The summed E-state index contributed by atoms with van der Waals surface area (Å²) in [5, 5.41) is 12.0. The van der Waals surface area contributed by atoms with Gasteiger partial charge in [0.05, 0.1) is 35.2 Å². The van der Waals surface area contributed by atoms with E-state index in [1.165, 1.54) is 4.90 Å². The van der Waals surface area contributed by atoms with Gasteiger partial charge in [0, 0.05) is 5.56 Å². The fourth-order valence-corrected chi connectivity index (χ4v) is 2.90. The number of nitriles is 1. The Morgan fingerprint density at radius 3 is 2.62 bits per heavy atom. The van der Waals surface area contributed by atoms with E-state index in [1.54, 1.807) is 6.92 Å². The molecular weight excluding hydrogens is 336 g/mol. The number of nitrogens with one attached hydrogen (secondary N) is 1. The molecule has 0 radical (unpaired) electrons. The lowest BCUT2D eigenvalue weighted by molar-refractivity contribution is 0.143. The van der Waals surface area contributed by atoms with Crippen LogP contribution in [0.3, 0.4) is 0 Å². The van der Waals surface area contributed by atoms with Crippen molar-refractivity contribution in [1.29, 1.82) is 5.26 Å². The Hall–Kier alpha value is -2.27. The molecule has 2 aliphatic rings. The number of rotatable bonds is 4. The summed E-state index contributed by atoms with van der Waals surface area (Å²) < 4.78 is 33.9. The zero-order chi connectivity index (χ0) is 17.5. The van der Waals surface area contributed by atoms with E-state index in [0.29, 0.717) is 24.4 Å². The van der Waals surface area contributed by atoms with Gasteiger partial charge in [-0.15, -0.1) is 0 Å². The Morgan fingerprint density at radius 2 is 2.12 bits per heavy atom. The molecule has 3 rings (SSSR count). The van der Waals surface area contributed by atoms with Crippen molar-refractivity contribution in [2.45, 2.75) is 31.3 Å². The first-order valence-electron chi connectivity index (χ1n) is 7.49. The van der Waals surface area contributed by atoms with Gasteiger partial charge in [-0.25, -0.2) is 13.6 Å². The highest BCUT2D eigenvalue weighted by Gasteiger charge is 2.49. The molecule has 1 N–H and O–H groups in total. The highest BCUT2D eigenvalue weighted by molar-refractivity contribution is 7.80. The van der Waals surface area contributed by atoms with Gasteiger partial charge in [-0.2, -0.15) is 5.26 Å². The summed E-state index contributed by atoms with van der Waals surface area (Å²) in [4.78, 5) is 13.7. The number of amides is 1. The Balaban J connectivity index is 1.82. The molecule has 0 spiro atoms. The molecule has 1 aliphatic heterocycles. The lowest BCUT2D eigenvalue weighted by Gasteiger charge is -2.16. The summed E-state index contributed by atoms with van der Waals surface area (Å²) >= 11 is 4.89. The number of carbonyl (C=O) groups is 1. The van der Waals surface area contributed by atoms with Crippen molar-refractivity contribution < 1.29 is 18.3 Å². The van der Waals surface area contributed by atoms with Gasteiger partial charge in [-0.3, -0.25) is 4.90 Å². The van der Waals surface area contributed by atoms with E-state index < -0.39 is 29.2 Å². The largest absolute Gasteiger partial charge is 0.442 e. The molecule has 0 bridgehead atoms. The average Bonchev–Trinajstić information content (AvgIpc) is 3.20. The summed E-state index contributed by atoms with van der Waals surface area (Å²) in [6.45, 7) is 2.20. The molecule has 1 amide bonds. The van der Waals surface area contributed by atoms with Crippen LogP contribution < -0.4 is 10.2 Å². The van der Waals surface area contributed by atoms with Gasteiger partial charge < -0.3 is 10.1 Å². The van der Waals surface area contributed by atoms with Gasteiger partial charge in [-0.1, -0.05) is 12.2 Å². The van der Waals surface area contributed by atoms with Crippen molar-refractivity contribution in [1.82, 2.24) is 5.32 Å². The maximum absolute atomic E-state index is 14.4. The highest BCUT2D eigenvalue weighted by atomic mass is 32.1. The van der Waals surface area contributed by atoms with E-state index >= 15 is 0 Å². The summed E-state index contributed by atoms with van der Waals surface area (Å²) in [5.74, 6) is -1.62. The van der Waals surface area contributed by atoms with Crippen LogP contribution in [0.1, 0.15) is 25.3 Å². The van der Waals surface area contributed by atoms with Gasteiger partial charge in [0.25, 0.3) is 0 Å². The molecule has 1 aromatic rings. The van der Waals surface area contributed by atoms with E-state index in [1.807, 2.05) is 6.07 Å². The number of thiocarbonyl (C=S) groups is 1. The Kier molecular flexibility index (Phi) is 4.13. The topological polar surface area (TPSA) is 65.4 Å². The predicted molar refractivity (Wildman–Crippen MR) is 86.8 cm³/mol. The molecule has 24 heavy (non-hydrogen) atoms. The van der Waals surface area contributed by atoms with Crippen molar-refractivity contribution in [3.05, 3.63) is 29.3 Å². The molecule has 1 aromatic carbocycles. The molecule has 1 aliphatic carbocycles. The second kappa shape index (κ2) is 5.98. The molecule has 1 heterocycles. The van der Waals surface area contributed by atoms with Crippen LogP contribution in [0.2, 0.25) is 0 Å². The molecule has 8 heteroatoms. The second-order valence-electron chi connectivity index (χ2n) is 6.03. The predicted octanol–water partition coefficient (Wildman–Crippen LogP) is 2.78. The normalized spacial score (nSPS) is 21.2. The number of benzene rings is 1. The number of carbonyl (C=O) groups excluding carboxylic acids is 1. The van der Waals surface area contributed by atoms with E-state index in [2.05, 4.69) is 5.32 Å². The standard InChI is InChI=1S/C16H15F2N3O2S/c1-9(24)20-6-11-7-21(15(22)23-11)10-4-12(17)14(13(18)5-10)16(8-19)2-3-16/h4-5,11H,2-3,6-7H2,1H3,(H,20,24). The van der Waals surface area contributed by atoms with E-state index in [-0.39, 0.29) is 17.8 Å². The SMILES string of the molecule is CC(=S)NCC1CN(c2cc(F)c(C3(C#N)CC3)c(F)c2)C(=O)O1. The summed E-state index contributed by atoms with van der Waals surface area (Å²) in [5.41, 5.74) is -1.20. The maximum Gasteiger partial charge on any atom is 0.414 e. The van der Waals surface area contributed by atoms with Crippen LogP contribution in [0.4, 0.5) is 19.3 Å². The van der Waals surface area contributed by atoms with Crippen LogP contribution in [-0.2, 0) is 10.2 Å². The van der Waals surface area contributed by atoms with Gasteiger partial charge in [0.2, 0.25) is 0 Å². The third-order valence-electron chi connectivity index (χ3n) is 4.23. The number of anilines is 1. The molecule has 2 fully saturated rings. The number of hydrogen-bond acceptors (Lipinski definition) is 4. The van der Waals surface area contributed by atoms with Crippen molar-refractivity contribution in [3.8, 4) is 6.07 Å². The highest BCUT2D eigenvalue weighted by Crippen LogP contribution is 2.50. The first-order chi connectivity index (χ1) is 11.4. The van der Waals surface area contributed by atoms with Gasteiger partial charge in [0.15, 0.2) is 0 Å². The Labute approximate surface area is 143 Å². The van der Waals surface area contributed by atoms with Gasteiger partial charge in [-0.05, 0) is 31.9 Å². The van der Waals surface area contributed by atoms with Crippen LogP contribution in [-0.4, -0.2) is 30.3 Å². The fraction of sp³-hybridized carbons (Fsp3) is 0.438. The lowest BCUT2D eigenvalue weighted by atomic mass is 9.96. The smallest absolute Gasteiger partial charge is 0.414 e. The fourth-order valence-electron chi connectivity index (χ4n) is 2.81. The lowest BCUT2D eigenvalue weighted by Crippen LogP contribution is -2.32. The minimum absolute atomic E-state index is 0.0778. The van der Waals surface area contributed by atoms with Gasteiger partial charge in [0.1, 0.15) is 17.7 Å². The first-order valence-corrected chi connectivity index (χ1v) is 7.90. The molecule has 1 saturated carbocycles. The van der Waals surface area contributed by atoms with Crippen molar-refractivity contribution in [3.63, 3.8) is 0 Å². The number of hydrogen-bond donors (Lipinski definition) is 1. The molecule has 1 atom stereocenters. The second-order valence-corrected chi connectivity index (χ2v) is 6.64. The minimum atomic E-state index is -1.07. The summed E-state index contributed by atoms with van der Waals surface area (Å²) in [6.07, 6.45) is -0.257. The van der Waals surface area contributed by atoms with Crippen molar-refractivity contribution in [2.24, 2.45) is 0 Å². The molecule has 0 aromatic heterocycles. The van der Waals surface area contributed by atoms with Crippen LogP contribution >= 0.6 is 12.2 Å². The first kappa shape index (κ1) is 16.6. The van der Waals surface area contributed by atoms with Gasteiger partial charge >= 0.3 is 6.09 Å². The zero-order valence-corrected chi connectivity index (χ0v) is 13.8. The van der Waals surface area contributed by atoms with Crippen molar-refractivity contribution >= 4 is 29.0 Å². The molecule has 126 valence electrons. The quantitative estimate of drug-likeness (QED) is 0.845. The molecular formula is C16H15F2N3O2S. The number of ether oxygens (including phenoxy) is 1. The Bertz CT molecular complexity index is 735. The average molecular weight is 351 g/mol. The molecule has 1 saturated heterocycles. The number of nitrogens with zero attached hydrogens (tertiary/aromatic N) is 2. The Morgan fingerprint density at radius 1 is 1.50 bits per heavy atom. The molecule has 1 unspecified atom stereocenters. The van der Waals surface area contributed by atoms with Crippen LogP contribution in [0.5, 0.6) is 0 Å². The van der Waals surface area contributed by atoms with E-state index in [9.17, 15) is 13.6 Å². The van der Waals surface area contributed by atoms with Crippen molar-refractivity contribution in [2.75, 3.05) is 18.0 Å². The van der Waals surface area contributed by atoms with E-state index in [0.717, 1.165) is 12.1 Å². The monoisotopic (exact) mass is 351 g/mol. The third kappa shape index (κ3) is 2.91. The third-order valence-corrected chi connectivity index (χ3v) is 4.38. The maximum atomic E-state index is 14.4. The zero-order valence-electron chi connectivity index (χ0n) is 12.9. The molecule has 5 nitrogen and oxygen atoms in total. The van der Waals surface area contributed by atoms with E-state index in [4.69, 9.17) is 22.2 Å². The number of cyclic esters (lactones) is 1. The van der Waals surface area contributed by atoms with Crippen LogP contribution in [0.15, 0.2) is 12.1 Å². The summed E-state index contributed by atoms with van der Waals surface area (Å²) in [6, 6.07) is 4.14. The summed E-state index contributed by atoms with van der Waals surface area (Å²) in [7, 11) is 0. The van der Waals surface area contributed by atoms with Crippen LogP contribution in [0.25, 0.3) is 0 Å². The minimum Gasteiger partial charge on any atom is -0.442 e.